The summed E-state index contributed by atoms with van der Waals surface area (Å²) < 4.78 is 1.83. The number of aromatic nitrogens is 2. The van der Waals surface area contributed by atoms with E-state index in [1.165, 1.54) is 5.56 Å². The highest BCUT2D eigenvalue weighted by molar-refractivity contribution is 5.80. The Balaban J connectivity index is 2.00. The van der Waals surface area contributed by atoms with E-state index >= 15 is 0 Å². The number of hydrogen-bond acceptors (Lipinski definition) is 3. The zero-order chi connectivity index (χ0) is 15.9. The quantitative estimate of drug-likeness (QED) is 0.735. The average Bonchev–Trinajstić information content (AvgIpc) is 2.85. The van der Waals surface area contributed by atoms with Crippen LogP contribution in [0, 0.1) is 0 Å². The number of hydrogen-bond donors (Lipinski definition) is 2. The van der Waals surface area contributed by atoms with Gasteiger partial charge in [-0.05, 0) is 38.2 Å². The number of benzene rings is 1. The third-order valence-electron chi connectivity index (χ3n) is 3.91. The molecule has 0 aliphatic heterocycles. The highest BCUT2D eigenvalue weighted by Gasteiger charge is 2.17. The number of nitrogens with two attached hydrogens (primary N) is 1. The van der Waals surface area contributed by atoms with E-state index in [1.807, 2.05) is 17.7 Å². The molecule has 1 aromatic heterocycles. The normalized spacial score (nSPS) is 12.1. The molecule has 0 spiro atoms. The number of nitrogens with one attached hydrogen (secondary N) is 1. The number of carbonyl (C=O) groups excluding carboxylic acids is 1. The molecule has 118 valence electrons. The van der Waals surface area contributed by atoms with E-state index in [2.05, 4.69) is 41.6 Å². The summed E-state index contributed by atoms with van der Waals surface area (Å²) in [5.74, 6) is 0.538. The van der Waals surface area contributed by atoms with Gasteiger partial charge in [0.2, 0.25) is 6.41 Å². The van der Waals surface area contributed by atoms with Crippen LogP contribution in [0.4, 0.5) is 11.5 Å². The van der Waals surface area contributed by atoms with Crippen LogP contribution >= 0.6 is 0 Å². The molecular weight excluding hydrogens is 276 g/mol. The van der Waals surface area contributed by atoms with Crippen molar-refractivity contribution in [3.05, 3.63) is 41.6 Å². The van der Waals surface area contributed by atoms with Crippen molar-refractivity contribution in [2.75, 3.05) is 11.1 Å². The molecule has 22 heavy (non-hydrogen) atoms. The van der Waals surface area contributed by atoms with Crippen molar-refractivity contribution in [1.29, 1.82) is 0 Å². The van der Waals surface area contributed by atoms with Crippen LogP contribution in [-0.2, 0) is 17.6 Å². The van der Waals surface area contributed by atoms with Crippen LogP contribution in [0.2, 0.25) is 0 Å². The van der Waals surface area contributed by atoms with Crippen molar-refractivity contribution in [3.63, 3.8) is 0 Å². The maximum Gasteiger partial charge on any atom is 0.211 e. The molecule has 0 bridgehead atoms. The summed E-state index contributed by atoms with van der Waals surface area (Å²) in [7, 11) is 0. The van der Waals surface area contributed by atoms with Gasteiger partial charge in [-0.25, -0.2) is 4.68 Å². The summed E-state index contributed by atoms with van der Waals surface area (Å²) in [6.07, 6.45) is 4.50. The largest absolute Gasteiger partial charge is 0.382 e. The fourth-order valence-corrected chi connectivity index (χ4v) is 2.66. The van der Waals surface area contributed by atoms with Gasteiger partial charge < -0.3 is 11.1 Å². The van der Waals surface area contributed by atoms with Crippen molar-refractivity contribution in [3.8, 4) is 0 Å². The number of carbonyl (C=O) groups is 1. The molecule has 2 rings (SSSR count). The third-order valence-corrected chi connectivity index (χ3v) is 3.91. The summed E-state index contributed by atoms with van der Waals surface area (Å²) in [6, 6.07) is 10.7. The first-order valence-corrected chi connectivity index (χ1v) is 7.78. The number of amides is 1. The second-order valence-electron chi connectivity index (χ2n) is 5.49. The van der Waals surface area contributed by atoms with Crippen molar-refractivity contribution in [1.82, 2.24) is 9.78 Å². The van der Waals surface area contributed by atoms with E-state index < -0.39 is 0 Å². The van der Waals surface area contributed by atoms with Gasteiger partial charge in [0.15, 0.2) is 0 Å². The number of rotatable bonds is 8. The minimum absolute atomic E-state index is 0.205. The van der Waals surface area contributed by atoms with Gasteiger partial charge in [-0.1, -0.05) is 37.3 Å². The van der Waals surface area contributed by atoms with E-state index in [-0.39, 0.29) is 6.04 Å². The zero-order valence-corrected chi connectivity index (χ0v) is 13.2. The monoisotopic (exact) mass is 300 g/mol. The minimum atomic E-state index is 0.205. The summed E-state index contributed by atoms with van der Waals surface area (Å²) in [4.78, 5) is 10.7. The van der Waals surface area contributed by atoms with Gasteiger partial charge in [-0.15, -0.1) is 0 Å². The Bertz CT molecular complexity index is 607. The molecule has 0 saturated heterocycles. The molecule has 5 heteroatoms. The molecule has 0 aliphatic rings. The standard InChI is InChI=1S/C17H24N4O/c1-3-15-16(19-12-22)17(18)21(20-15)13(2)8-7-11-14-9-5-4-6-10-14/h4-6,9-10,12-13H,3,7-8,11,18H2,1-2H3,(H,19,22). The number of anilines is 2. The number of nitrogen functional groups attached to an aromatic ring is 1. The van der Waals surface area contributed by atoms with Crippen LogP contribution in [0.3, 0.4) is 0 Å². The summed E-state index contributed by atoms with van der Waals surface area (Å²) in [5.41, 5.74) is 8.96. The Morgan fingerprint density at radius 1 is 1.36 bits per heavy atom. The fourth-order valence-electron chi connectivity index (χ4n) is 2.66. The van der Waals surface area contributed by atoms with Crippen LogP contribution in [0.1, 0.15) is 44.0 Å². The third kappa shape index (κ3) is 3.67. The highest BCUT2D eigenvalue weighted by Crippen LogP contribution is 2.28. The fraction of sp³-hybridized carbons (Fsp3) is 0.412. The minimum Gasteiger partial charge on any atom is -0.382 e. The van der Waals surface area contributed by atoms with E-state index in [1.54, 1.807) is 0 Å². The smallest absolute Gasteiger partial charge is 0.211 e. The zero-order valence-electron chi connectivity index (χ0n) is 13.2. The predicted molar refractivity (Wildman–Crippen MR) is 89.8 cm³/mol. The second-order valence-corrected chi connectivity index (χ2v) is 5.49. The molecule has 0 aliphatic carbocycles. The molecular formula is C17H24N4O. The van der Waals surface area contributed by atoms with Gasteiger partial charge in [0.1, 0.15) is 11.5 Å². The molecule has 0 saturated carbocycles. The van der Waals surface area contributed by atoms with Crippen molar-refractivity contribution in [2.24, 2.45) is 0 Å². The molecule has 3 N–H and O–H groups in total. The van der Waals surface area contributed by atoms with E-state index in [0.29, 0.717) is 17.9 Å². The summed E-state index contributed by atoms with van der Waals surface area (Å²) in [5, 5.41) is 7.21. The molecule has 1 atom stereocenters. The van der Waals surface area contributed by atoms with Crippen LogP contribution in [0.5, 0.6) is 0 Å². The molecule has 1 amide bonds. The van der Waals surface area contributed by atoms with Gasteiger partial charge in [0.05, 0.1) is 11.7 Å². The van der Waals surface area contributed by atoms with Crippen molar-refractivity contribution in [2.45, 2.75) is 45.6 Å². The lowest BCUT2D eigenvalue weighted by Gasteiger charge is -2.14. The second kappa shape index (κ2) is 7.64. The molecule has 0 radical (unpaired) electrons. The molecule has 5 nitrogen and oxygen atoms in total. The van der Waals surface area contributed by atoms with E-state index in [0.717, 1.165) is 31.4 Å². The van der Waals surface area contributed by atoms with E-state index in [9.17, 15) is 4.79 Å². The predicted octanol–water partition coefficient (Wildman–Crippen LogP) is 3.18. The lowest BCUT2D eigenvalue weighted by molar-refractivity contribution is -0.105. The van der Waals surface area contributed by atoms with Crippen LogP contribution in [-0.4, -0.2) is 16.2 Å². The number of nitrogens with zero attached hydrogens (tertiary/aromatic N) is 2. The Morgan fingerprint density at radius 3 is 2.73 bits per heavy atom. The van der Waals surface area contributed by atoms with Gasteiger partial charge in [0.25, 0.3) is 0 Å². The first-order chi connectivity index (χ1) is 10.7. The van der Waals surface area contributed by atoms with Crippen molar-refractivity contribution >= 4 is 17.9 Å². The molecule has 1 unspecified atom stereocenters. The maximum atomic E-state index is 10.7. The molecule has 1 aromatic carbocycles. The molecule has 2 aromatic rings. The Hall–Kier alpha value is -2.30. The lowest BCUT2D eigenvalue weighted by atomic mass is 10.1. The molecule has 0 fully saturated rings. The van der Waals surface area contributed by atoms with Gasteiger partial charge in [0, 0.05) is 0 Å². The van der Waals surface area contributed by atoms with Crippen LogP contribution < -0.4 is 11.1 Å². The number of aryl methyl sites for hydroxylation is 2. The molecule has 1 heterocycles. The summed E-state index contributed by atoms with van der Waals surface area (Å²) in [6.45, 7) is 4.11. The van der Waals surface area contributed by atoms with E-state index in [4.69, 9.17) is 5.73 Å². The van der Waals surface area contributed by atoms with Gasteiger partial charge in [-0.2, -0.15) is 5.10 Å². The topological polar surface area (TPSA) is 72.9 Å². The first-order valence-electron chi connectivity index (χ1n) is 7.78. The van der Waals surface area contributed by atoms with Crippen LogP contribution in [0.15, 0.2) is 30.3 Å². The Morgan fingerprint density at radius 2 is 2.09 bits per heavy atom. The Kier molecular flexibility index (Phi) is 5.58. The summed E-state index contributed by atoms with van der Waals surface area (Å²) >= 11 is 0. The van der Waals surface area contributed by atoms with Gasteiger partial charge in [-0.3, -0.25) is 4.79 Å². The van der Waals surface area contributed by atoms with Crippen LogP contribution in [0.25, 0.3) is 0 Å². The van der Waals surface area contributed by atoms with Crippen molar-refractivity contribution < 1.29 is 4.79 Å². The maximum absolute atomic E-state index is 10.7. The average molecular weight is 300 g/mol. The highest BCUT2D eigenvalue weighted by atomic mass is 16.1. The lowest BCUT2D eigenvalue weighted by Crippen LogP contribution is -2.11. The first kappa shape index (κ1) is 16.1. The Labute approximate surface area is 131 Å². The SMILES string of the molecule is CCc1nn(C(C)CCCc2ccccc2)c(N)c1NC=O. The van der Waals surface area contributed by atoms with Gasteiger partial charge >= 0.3 is 0 Å².